The zero-order chi connectivity index (χ0) is 15.5. The van der Waals surface area contributed by atoms with Gasteiger partial charge in [-0.3, -0.25) is 4.99 Å². The van der Waals surface area contributed by atoms with Gasteiger partial charge in [0.15, 0.2) is 5.17 Å². The molecule has 21 heavy (non-hydrogen) atoms. The van der Waals surface area contributed by atoms with Gasteiger partial charge in [0.1, 0.15) is 0 Å². The van der Waals surface area contributed by atoms with Gasteiger partial charge in [0.2, 0.25) is 0 Å². The number of imidazole rings is 1. The molecule has 4 nitrogen and oxygen atoms in total. The average Bonchev–Trinajstić information content (AvgIpc) is 2.98. The van der Waals surface area contributed by atoms with Crippen LogP contribution in [0.1, 0.15) is 52.1 Å². The molecule has 1 aliphatic rings. The van der Waals surface area contributed by atoms with E-state index in [-0.39, 0.29) is 5.41 Å². The lowest BCUT2D eigenvalue weighted by Gasteiger charge is -2.34. The third-order valence-electron chi connectivity index (χ3n) is 4.46. The summed E-state index contributed by atoms with van der Waals surface area (Å²) in [5.41, 5.74) is 1.50. The first-order valence-corrected chi connectivity index (χ1v) is 8.99. The molecule has 0 spiro atoms. The average molecular weight is 308 g/mol. The molecular weight excluding hydrogens is 280 g/mol. The molecule has 118 valence electrons. The monoisotopic (exact) mass is 308 g/mol. The molecule has 1 aromatic rings. The molecule has 0 bridgehead atoms. The van der Waals surface area contributed by atoms with Crippen LogP contribution in [0.2, 0.25) is 0 Å². The Hall–Kier alpha value is -0.970. The second-order valence-corrected chi connectivity index (χ2v) is 7.70. The predicted molar refractivity (Wildman–Crippen MR) is 92.0 cm³/mol. The van der Waals surface area contributed by atoms with Crippen LogP contribution >= 0.6 is 11.8 Å². The normalized spacial score (nSPS) is 19.9. The highest BCUT2D eigenvalue weighted by molar-refractivity contribution is 8.13. The smallest absolute Gasteiger partial charge is 0.159 e. The fourth-order valence-electron chi connectivity index (χ4n) is 2.49. The molecule has 1 aliphatic heterocycles. The summed E-state index contributed by atoms with van der Waals surface area (Å²) in [6.45, 7) is 11.1. The Morgan fingerprint density at radius 3 is 2.57 bits per heavy atom. The van der Waals surface area contributed by atoms with Crippen LogP contribution in [-0.2, 0) is 0 Å². The Morgan fingerprint density at radius 1 is 1.43 bits per heavy atom. The molecule has 5 heteroatoms. The van der Waals surface area contributed by atoms with E-state index in [2.05, 4.69) is 48.8 Å². The van der Waals surface area contributed by atoms with Crippen LogP contribution in [0.15, 0.2) is 17.5 Å². The first-order chi connectivity index (χ1) is 9.91. The number of hydrogen-bond acceptors (Lipinski definition) is 3. The van der Waals surface area contributed by atoms with Crippen molar-refractivity contribution in [1.29, 1.82) is 0 Å². The summed E-state index contributed by atoms with van der Waals surface area (Å²) in [6.07, 6.45) is 8.22. The minimum absolute atomic E-state index is 0.217. The quantitative estimate of drug-likeness (QED) is 0.668. The number of H-pyrrole nitrogens is 1. The van der Waals surface area contributed by atoms with Gasteiger partial charge in [-0.2, -0.15) is 0 Å². The lowest BCUT2D eigenvalue weighted by atomic mass is 9.88. The summed E-state index contributed by atoms with van der Waals surface area (Å²) in [4.78, 5) is 14.8. The van der Waals surface area contributed by atoms with Crippen molar-refractivity contribution in [3.63, 3.8) is 0 Å². The summed E-state index contributed by atoms with van der Waals surface area (Å²) < 4.78 is 0. The number of aromatic amines is 1. The van der Waals surface area contributed by atoms with Crippen LogP contribution in [0.5, 0.6) is 0 Å². The van der Waals surface area contributed by atoms with Crippen LogP contribution in [0, 0.1) is 5.41 Å². The highest BCUT2D eigenvalue weighted by atomic mass is 32.2. The van der Waals surface area contributed by atoms with E-state index in [1.54, 1.807) is 18.1 Å². The van der Waals surface area contributed by atoms with E-state index in [0.29, 0.717) is 12.0 Å². The Balaban J connectivity index is 1.97. The van der Waals surface area contributed by atoms with E-state index in [1.165, 1.54) is 23.7 Å². The molecule has 1 saturated heterocycles. The topological polar surface area (TPSA) is 44.3 Å². The first-order valence-electron chi connectivity index (χ1n) is 7.77. The van der Waals surface area contributed by atoms with Gasteiger partial charge in [-0.05, 0) is 31.4 Å². The van der Waals surface area contributed by atoms with Gasteiger partial charge in [-0.1, -0.05) is 32.5 Å². The Morgan fingerprint density at radius 2 is 2.10 bits per heavy atom. The molecule has 1 aromatic heterocycles. The second kappa shape index (κ2) is 6.86. The third kappa shape index (κ3) is 4.25. The summed E-state index contributed by atoms with van der Waals surface area (Å²) in [7, 11) is 0. The Bertz CT molecular complexity index is 453. The number of amidine groups is 1. The molecule has 2 rings (SSSR count). The molecule has 1 atom stereocenters. The van der Waals surface area contributed by atoms with Gasteiger partial charge >= 0.3 is 0 Å². The van der Waals surface area contributed by atoms with Crippen molar-refractivity contribution >= 4 is 16.9 Å². The molecule has 1 unspecified atom stereocenters. The SMILES string of the molecule is CSC(=NC(C)C(C)(C)C)N1CCC(c2cnc[nH]2)CC1. The Labute approximate surface area is 132 Å². The molecule has 0 amide bonds. The van der Waals surface area contributed by atoms with Crippen molar-refractivity contribution < 1.29 is 0 Å². The second-order valence-electron chi connectivity index (χ2n) is 6.93. The number of hydrogen-bond donors (Lipinski definition) is 1. The number of nitrogens with one attached hydrogen (secondary N) is 1. The number of aliphatic imine (C=N–C) groups is 1. The number of aromatic nitrogens is 2. The number of nitrogens with zero attached hydrogens (tertiary/aromatic N) is 3. The van der Waals surface area contributed by atoms with Crippen LogP contribution in [-0.4, -0.2) is 45.4 Å². The zero-order valence-corrected chi connectivity index (χ0v) is 14.7. The van der Waals surface area contributed by atoms with Gasteiger partial charge in [0.25, 0.3) is 0 Å². The molecule has 0 aliphatic carbocycles. The maximum atomic E-state index is 4.96. The molecule has 2 heterocycles. The van der Waals surface area contributed by atoms with Gasteiger partial charge < -0.3 is 9.88 Å². The van der Waals surface area contributed by atoms with E-state index in [0.717, 1.165) is 13.1 Å². The van der Waals surface area contributed by atoms with Crippen molar-refractivity contribution in [1.82, 2.24) is 14.9 Å². The van der Waals surface area contributed by atoms with Crippen molar-refractivity contribution in [2.75, 3.05) is 19.3 Å². The highest BCUT2D eigenvalue weighted by Gasteiger charge is 2.25. The van der Waals surface area contributed by atoms with Crippen LogP contribution in [0.4, 0.5) is 0 Å². The minimum Gasteiger partial charge on any atom is -0.351 e. The molecule has 1 fully saturated rings. The number of rotatable bonds is 2. The summed E-state index contributed by atoms with van der Waals surface area (Å²) >= 11 is 1.78. The van der Waals surface area contributed by atoms with Crippen molar-refractivity contribution in [2.45, 2.75) is 52.5 Å². The zero-order valence-electron chi connectivity index (χ0n) is 13.9. The fraction of sp³-hybridized carbons (Fsp3) is 0.750. The third-order valence-corrected chi connectivity index (χ3v) is 5.19. The summed E-state index contributed by atoms with van der Waals surface area (Å²) in [5, 5.41) is 1.19. The van der Waals surface area contributed by atoms with Gasteiger partial charge in [0.05, 0.1) is 12.4 Å². The van der Waals surface area contributed by atoms with E-state index in [1.807, 2.05) is 6.20 Å². The van der Waals surface area contributed by atoms with Gasteiger partial charge in [0, 0.05) is 30.9 Å². The molecule has 0 saturated carbocycles. The van der Waals surface area contributed by atoms with Crippen LogP contribution < -0.4 is 0 Å². The van der Waals surface area contributed by atoms with Crippen molar-refractivity contribution in [3.05, 3.63) is 18.2 Å². The maximum absolute atomic E-state index is 4.96. The number of likely N-dealkylation sites (tertiary alicyclic amines) is 1. The molecule has 0 aromatic carbocycles. The molecule has 1 N–H and O–H groups in total. The Kier molecular flexibility index (Phi) is 5.36. The number of piperidine rings is 1. The summed E-state index contributed by atoms with van der Waals surface area (Å²) in [6, 6.07) is 0.338. The maximum Gasteiger partial charge on any atom is 0.159 e. The van der Waals surface area contributed by atoms with E-state index in [9.17, 15) is 0 Å². The molecular formula is C16H28N4S. The van der Waals surface area contributed by atoms with Crippen LogP contribution in [0.3, 0.4) is 0 Å². The van der Waals surface area contributed by atoms with E-state index < -0.39 is 0 Å². The van der Waals surface area contributed by atoms with Crippen molar-refractivity contribution in [2.24, 2.45) is 10.4 Å². The lowest BCUT2D eigenvalue weighted by Crippen LogP contribution is -2.37. The van der Waals surface area contributed by atoms with E-state index in [4.69, 9.17) is 4.99 Å². The molecule has 0 radical (unpaired) electrons. The van der Waals surface area contributed by atoms with Gasteiger partial charge in [-0.15, -0.1) is 0 Å². The van der Waals surface area contributed by atoms with Crippen molar-refractivity contribution in [3.8, 4) is 0 Å². The standard InChI is InChI=1S/C16H28N4S/c1-12(16(2,3)4)19-15(21-5)20-8-6-13(7-9-20)14-10-17-11-18-14/h10-13H,6-9H2,1-5H3,(H,17,18). The predicted octanol–water partition coefficient (Wildman–Crippen LogP) is 3.74. The number of thioether (sulfide) groups is 1. The van der Waals surface area contributed by atoms with Gasteiger partial charge in [-0.25, -0.2) is 4.98 Å². The lowest BCUT2D eigenvalue weighted by molar-refractivity contribution is 0.304. The highest BCUT2D eigenvalue weighted by Crippen LogP contribution is 2.29. The largest absolute Gasteiger partial charge is 0.351 e. The van der Waals surface area contributed by atoms with E-state index >= 15 is 0 Å². The first kappa shape index (κ1) is 16.4. The minimum atomic E-state index is 0.217. The fourth-order valence-corrected chi connectivity index (χ4v) is 3.20. The summed E-state index contributed by atoms with van der Waals surface area (Å²) in [5.74, 6) is 0.617. The van der Waals surface area contributed by atoms with Crippen LogP contribution in [0.25, 0.3) is 0 Å².